The number of carbonyl (C=O) groups is 2. The fourth-order valence-electron chi connectivity index (χ4n) is 3.17. The van der Waals surface area contributed by atoms with Gasteiger partial charge in [0, 0.05) is 20.2 Å². The van der Waals surface area contributed by atoms with Gasteiger partial charge in [0.2, 0.25) is 0 Å². The number of aliphatic carboxylic acids is 1. The van der Waals surface area contributed by atoms with Crippen LogP contribution in [-0.4, -0.2) is 65.3 Å². The monoisotopic (exact) mass is 284 g/mol. The number of urea groups is 1. The average molecular weight is 284 g/mol. The number of hydrogen-bond donors (Lipinski definition) is 1. The summed E-state index contributed by atoms with van der Waals surface area (Å²) in [6.45, 7) is 3.15. The third kappa shape index (κ3) is 3.06. The molecule has 0 aromatic carbocycles. The van der Waals surface area contributed by atoms with Crippen molar-refractivity contribution in [1.29, 1.82) is 0 Å². The van der Waals surface area contributed by atoms with E-state index < -0.39 is 12.0 Å². The fourth-order valence-corrected chi connectivity index (χ4v) is 3.17. The predicted molar refractivity (Wildman–Crippen MR) is 73.6 cm³/mol. The number of ether oxygens (including phenoxy) is 1. The van der Waals surface area contributed by atoms with E-state index in [0.29, 0.717) is 19.6 Å². The second-order valence-electron chi connectivity index (χ2n) is 5.72. The second kappa shape index (κ2) is 6.43. The third-order valence-corrected chi connectivity index (χ3v) is 4.42. The van der Waals surface area contributed by atoms with Crippen molar-refractivity contribution in [3.05, 3.63) is 0 Å². The van der Waals surface area contributed by atoms with Crippen molar-refractivity contribution in [2.75, 3.05) is 20.2 Å². The Morgan fingerprint density at radius 2 is 2.00 bits per heavy atom. The molecule has 0 aromatic rings. The molecule has 2 aliphatic rings. The van der Waals surface area contributed by atoms with E-state index in [1.165, 1.54) is 4.90 Å². The number of carboxylic acid groups (broad SMARTS) is 1. The van der Waals surface area contributed by atoms with Crippen LogP contribution in [0.5, 0.6) is 0 Å². The van der Waals surface area contributed by atoms with Crippen molar-refractivity contribution < 1.29 is 19.4 Å². The molecule has 2 aliphatic heterocycles. The Kier molecular flexibility index (Phi) is 4.86. The quantitative estimate of drug-likeness (QED) is 0.835. The summed E-state index contributed by atoms with van der Waals surface area (Å²) in [4.78, 5) is 27.2. The lowest BCUT2D eigenvalue weighted by molar-refractivity contribution is -0.142. The standard InChI is InChI=1S/C14H24N2O4/c1-10-11(7-9-20-10)15(2)14(19)16-8-5-3-4-6-12(16)13(17)18/h10-12H,3-9H2,1-2H3,(H,17,18). The molecule has 6 nitrogen and oxygen atoms in total. The van der Waals surface area contributed by atoms with E-state index in [0.717, 1.165) is 25.7 Å². The van der Waals surface area contributed by atoms with Crippen LogP contribution in [0, 0.1) is 0 Å². The highest BCUT2D eigenvalue weighted by Crippen LogP contribution is 2.23. The molecule has 2 heterocycles. The van der Waals surface area contributed by atoms with Gasteiger partial charge in [0.05, 0.1) is 12.1 Å². The Balaban J connectivity index is 2.09. The van der Waals surface area contributed by atoms with E-state index in [2.05, 4.69) is 0 Å². The molecule has 0 radical (unpaired) electrons. The SMILES string of the molecule is CC1OCCC1N(C)C(=O)N1CCCCCC1C(=O)O. The molecule has 3 atom stereocenters. The van der Waals surface area contributed by atoms with Gasteiger partial charge in [-0.3, -0.25) is 0 Å². The minimum Gasteiger partial charge on any atom is -0.480 e. The van der Waals surface area contributed by atoms with E-state index in [1.807, 2.05) is 6.92 Å². The van der Waals surface area contributed by atoms with Crippen molar-refractivity contribution in [2.45, 2.75) is 57.2 Å². The molecule has 114 valence electrons. The Bertz CT molecular complexity index is 374. The van der Waals surface area contributed by atoms with Gasteiger partial charge in [-0.25, -0.2) is 9.59 Å². The average Bonchev–Trinajstić information content (AvgIpc) is 2.70. The van der Waals surface area contributed by atoms with Crippen molar-refractivity contribution in [2.24, 2.45) is 0 Å². The van der Waals surface area contributed by atoms with Crippen LogP contribution in [0.4, 0.5) is 4.79 Å². The van der Waals surface area contributed by atoms with Crippen molar-refractivity contribution >= 4 is 12.0 Å². The minimum atomic E-state index is -0.899. The second-order valence-corrected chi connectivity index (χ2v) is 5.72. The first kappa shape index (κ1) is 15.1. The normalized spacial score (nSPS) is 30.9. The third-order valence-electron chi connectivity index (χ3n) is 4.42. The van der Waals surface area contributed by atoms with Gasteiger partial charge in [0.25, 0.3) is 0 Å². The zero-order valence-electron chi connectivity index (χ0n) is 12.2. The van der Waals surface area contributed by atoms with Gasteiger partial charge in [-0.05, 0) is 26.2 Å². The van der Waals surface area contributed by atoms with Crippen molar-refractivity contribution in [3.63, 3.8) is 0 Å². The summed E-state index contributed by atoms with van der Waals surface area (Å²) in [5, 5.41) is 9.34. The highest BCUT2D eigenvalue weighted by atomic mass is 16.5. The molecule has 0 spiro atoms. The highest BCUT2D eigenvalue weighted by Gasteiger charge is 2.37. The van der Waals surface area contributed by atoms with E-state index in [9.17, 15) is 14.7 Å². The summed E-state index contributed by atoms with van der Waals surface area (Å²) in [7, 11) is 1.75. The molecule has 2 fully saturated rings. The smallest absolute Gasteiger partial charge is 0.326 e. The lowest BCUT2D eigenvalue weighted by Gasteiger charge is -2.35. The summed E-state index contributed by atoms with van der Waals surface area (Å²) in [5.74, 6) is -0.899. The van der Waals surface area contributed by atoms with Crippen LogP contribution in [0.25, 0.3) is 0 Å². The Labute approximate surface area is 119 Å². The van der Waals surface area contributed by atoms with Crippen molar-refractivity contribution in [3.8, 4) is 0 Å². The van der Waals surface area contributed by atoms with Crippen LogP contribution in [0.3, 0.4) is 0 Å². The summed E-state index contributed by atoms with van der Waals surface area (Å²) in [6, 6.07) is -0.827. The number of hydrogen-bond acceptors (Lipinski definition) is 3. The molecule has 0 bridgehead atoms. The van der Waals surface area contributed by atoms with Crippen LogP contribution in [0.1, 0.15) is 39.0 Å². The molecule has 2 saturated heterocycles. The maximum absolute atomic E-state index is 12.6. The van der Waals surface area contributed by atoms with Gasteiger partial charge in [-0.2, -0.15) is 0 Å². The lowest BCUT2D eigenvalue weighted by Crippen LogP contribution is -2.53. The fraction of sp³-hybridized carbons (Fsp3) is 0.857. The largest absolute Gasteiger partial charge is 0.480 e. The maximum atomic E-state index is 12.6. The number of likely N-dealkylation sites (N-methyl/N-ethyl adjacent to an activating group) is 1. The number of carboxylic acids is 1. The molecule has 1 N–H and O–H groups in total. The Morgan fingerprint density at radius 3 is 2.60 bits per heavy atom. The van der Waals surface area contributed by atoms with Gasteiger partial charge in [0.1, 0.15) is 6.04 Å². The first-order valence-corrected chi connectivity index (χ1v) is 7.40. The predicted octanol–water partition coefficient (Wildman–Crippen LogP) is 1.54. The molecule has 6 heteroatoms. The molecule has 2 rings (SSSR count). The zero-order valence-corrected chi connectivity index (χ0v) is 12.2. The first-order valence-electron chi connectivity index (χ1n) is 7.40. The Hall–Kier alpha value is -1.30. The van der Waals surface area contributed by atoms with Crippen LogP contribution in [0.2, 0.25) is 0 Å². The first-order chi connectivity index (χ1) is 9.52. The maximum Gasteiger partial charge on any atom is 0.326 e. The molecule has 0 saturated carbocycles. The molecule has 0 aromatic heterocycles. The molecule has 3 unspecified atom stereocenters. The number of amides is 2. The van der Waals surface area contributed by atoms with Crippen LogP contribution in [-0.2, 0) is 9.53 Å². The van der Waals surface area contributed by atoms with Gasteiger partial charge in [0.15, 0.2) is 0 Å². The van der Waals surface area contributed by atoms with Gasteiger partial charge < -0.3 is 19.6 Å². The number of carbonyl (C=O) groups excluding carboxylic acids is 1. The zero-order chi connectivity index (χ0) is 14.7. The molecule has 0 aliphatic carbocycles. The van der Waals surface area contributed by atoms with Crippen molar-refractivity contribution in [1.82, 2.24) is 9.80 Å². The van der Waals surface area contributed by atoms with Gasteiger partial charge >= 0.3 is 12.0 Å². The van der Waals surface area contributed by atoms with Crippen LogP contribution in [0.15, 0.2) is 0 Å². The summed E-state index contributed by atoms with van der Waals surface area (Å²) in [5.41, 5.74) is 0. The molecular formula is C14H24N2O4. The number of likely N-dealkylation sites (tertiary alicyclic amines) is 1. The van der Waals surface area contributed by atoms with Crippen LogP contribution < -0.4 is 0 Å². The van der Waals surface area contributed by atoms with E-state index in [4.69, 9.17) is 4.74 Å². The minimum absolute atomic E-state index is 0.0132. The molecular weight excluding hydrogens is 260 g/mol. The Morgan fingerprint density at radius 1 is 1.25 bits per heavy atom. The topological polar surface area (TPSA) is 70.1 Å². The van der Waals surface area contributed by atoms with Crippen LogP contribution >= 0.6 is 0 Å². The number of rotatable bonds is 2. The van der Waals surface area contributed by atoms with Gasteiger partial charge in [-0.15, -0.1) is 0 Å². The van der Waals surface area contributed by atoms with Gasteiger partial charge in [-0.1, -0.05) is 12.8 Å². The summed E-state index contributed by atoms with van der Waals surface area (Å²) in [6.07, 6.45) is 4.10. The summed E-state index contributed by atoms with van der Waals surface area (Å²) < 4.78 is 5.49. The lowest BCUT2D eigenvalue weighted by atomic mass is 10.1. The number of nitrogens with zero attached hydrogens (tertiary/aromatic N) is 2. The summed E-state index contributed by atoms with van der Waals surface area (Å²) >= 11 is 0. The molecule has 20 heavy (non-hydrogen) atoms. The molecule has 2 amide bonds. The highest BCUT2D eigenvalue weighted by molar-refractivity contribution is 5.82. The van der Waals surface area contributed by atoms with E-state index in [1.54, 1.807) is 11.9 Å². The van der Waals surface area contributed by atoms with E-state index >= 15 is 0 Å². The van der Waals surface area contributed by atoms with E-state index in [-0.39, 0.29) is 18.2 Å².